The second-order valence-corrected chi connectivity index (χ2v) is 9.19. The van der Waals surface area contributed by atoms with Crippen molar-refractivity contribution in [3.63, 3.8) is 0 Å². The van der Waals surface area contributed by atoms with E-state index in [0.717, 1.165) is 55.2 Å². The molecule has 1 aromatic carbocycles. The van der Waals surface area contributed by atoms with Crippen LogP contribution in [0.25, 0.3) is 10.9 Å². The largest absolute Gasteiger partial charge is 0.357 e. The van der Waals surface area contributed by atoms with Crippen LogP contribution in [0.4, 0.5) is 4.79 Å². The number of rotatable bonds is 4. The Morgan fingerprint density at radius 2 is 2.10 bits per heavy atom. The van der Waals surface area contributed by atoms with Crippen molar-refractivity contribution in [2.75, 3.05) is 20.1 Å². The molecule has 2 aromatic rings. The fourth-order valence-electron chi connectivity index (χ4n) is 4.48. The van der Waals surface area contributed by atoms with Gasteiger partial charge in [-0.15, -0.1) is 0 Å². The molecule has 3 amide bonds. The van der Waals surface area contributed by atoms with Gasteiger partial charge >= 0.3 is 6.03 Å². The van der Waals surface area contributed by atoms with Crippen LogP contribution in [-0.2, 0) is 11.3 Å². The van der Waals surface area contributed by atoms with Crippen LogP contribution in [0.1, 0.15) is 44.7 Å². The first-order valence-corrected chi connectivity index (χ1v) is 10.8. The number of urea groups is 1. The van der Waals surface area contributed by atoms with Gasteiger partial charge in [0.25, 0.3) is 0 Å². The summed E-state index contributed by atoms with van der Waals surface area (Å²) >= 11 is 6.04. The average Bonchev–Trinajstić information content (AvgIpc) is 3.11. The number of likely N-dealkylation sites (tertiary alicyclic amines) is 1. The van der Waals surface area contributed by atoms with E-state index in [4.69, 9.17) is 11.6 Å². The maximum Gasteiger partial charge on any atom is 0.317 e. The number of likely N-dealkylation sites (N-methyl/N-ethyl adjacent to an activating group) is 1. The summed E-state index contributed by atoms with van der Waals surface area (Å²) in [5, 5.41) is 4.71. The van der Waals surface area contributed by atoms with Crippen LogP contribution in [0.15, 0.2) is 24.3 Å². The second kappa shape index (κ2) is 7.90. The first kappa shape index (κ1) is 20.1. The third-order valence-corrected chi connectivity index (χ3v) is 6.83. The number of nitrogens with zero attached hydrogens (tertiary/aromatic N) is 2. The number of hydrogen-bond donors (Lipinski definition) is 2. The zero-order chi connectivity index (χ0) is 20.6. The summed E-state index contributed by atoms with van der Waals surface area (Å²) in [6.07, 6.45) is 4.97. The monoisotopic (exact) mass is 416 g/mol. The van der Waals surface area contributed by atoms with Gasteiger partial charge in [-0.2, -0.15) is 0 Å². The summed E-state index contributed by atoms with van der Waals surface area (Å²) in [4.78, 5) is 32.6. The molecule has 0 bridgehead atoms. The quantitative estimate of drug-likeness (QED) is 0.786. The molecule has 1 aliphatic heterocycles. The van der Waals surface area contributed by atoms with E-state index in [9.17, 15) is 9.59 Å². The SMILES string of the molecule is CN(C(=O)NCc1cc2cc(Cl)ccc2[nH]1)[C@@H]1CCCN(C(=O)C2(C)CCC2)C1. The van der Waals surface area contributed by atoms with Crippen LogP contribution in [-0.4, -0.2) is 52.9 Å². The van der Waals surface area contributed by atoms with Gasteiger partial charge in [0.15, 0.2) is 0 Å². The number of halogens is 1. The average molecular weight is 417 g/mol. The number of benzene rings is 1. The Labute approximate surface area is 176 Å². The summed E-state index contributed by atoms with van der Waals surface area (Å²) in [7, 11) is 1.82. The Hall–Kier alpha value is -2.21. The van der Waals surface area contributed by atoms with Crippen molar-refractivity contribution < 1.29 is 9.59 Å². The third-order valence-electron chi connectivity index (χ3n) is 6.59. The van der Waals surface area contributed by atoms with Crippen LogP contribution < -0.4 is 5.32 Å². The lowest BCUT2D eigenvalue weighted by atomic mass is 9.69. The van der Waals surface area contributed by atoms with Crippen molar-refractivity contribution in [3.8, 4) is 0 Å². The van der Waals surface area contributed by atoms with Crippen molar-refractivity contribution in [2.45, 2.75) is 51.6 Å². The Balaban J connectivity index is 1.33. The summed E-state index contributed by atoms with van der Waals surface area (Å²) in [5.41, 5.74) is 1.75. The second-order valence-electron chi connectivity index (χ2n) is 8.76. The van der Waals surface area contributed by atoms with Crippen LogP contribution in [0.2, 0.25) is 5.02 Å². The Bertz CT molecular complexity index is 921. The predicted molar refractivity (Wildman–Crippen MR) is 115 cm³/mol. The van der Waals surface area contributed by atoms with E-state index in [2.05, 4.69) is 17.2 Å². The van der Waals surface area contributed by atoms with Gasteiger partial charge in [-0.05, 0) is 49.9 Å². The van der Waals surface area contributed by atoms with Crippen molar-refractivity contribution in [1.82, 2.24) is 20.1 Å². The van der Waals surface area contributed by atoms with Crippen LogP contribution in [0.3, 0.4) is 0 Å². The van der Waals surface area contributed by atoms with Gasteiger partial charge in [0, 0.05) is 47.2 Å². The molecule has 0 spiro atoms. The molecular weight excluding hydrogens is 388 g/mol. The molecule has 2 fully saturated rings. The maximum atomic E-state index is 12.9. The van der Waals surface area contributed by atoms with Crippen molar-refractivity contribution in [2.24, 2.45) is 5.41 Å². The Morgan fingerprint density at radius 3 is 2.83 bits per heavy atom. The molecule has 2 aliphatic rings. The summed E-state index contributed by atoms with van der Waals surface area (Å²) < 4.78 is 0. The molecule has 6 nitrogen and oxygen atoms in total. The van der Waals surface area contributed by atoms with Gasteiger partial charge in [0.1, 0.15) is 0 Å². The first-order valence-electron chi connectivity index (χ1n) is 10.4. The smallest absolute Gasteiger partial charge is 0.317 e. The molecular formula is C22H29ClN4O2. The number of H-pyrrole nitrogens is 1. The lowest BCUT2D eigenvalue weighted by Gasteiger charge is -2.44. The molecule has 1 atom stereocenters. The Kier molecular flexibility index (Phi) is 5.47. The predicted octanol–water partition coefficient (Wildman–Crippen LogP) is 4.14. The minimum Gasteiger partial charge on any atom is -0.357 e. The lowest BCUT2D eigenvalue weighted by Crippen LogP contribution is -2.55. The number of aromatic amines is 1. The number of amides is 3. The Morgan fingerprint density at radius 1 is 1.31 bits per heavy atom. The van der Waals surface area contributed by atoms with Gasteiger partial charge in [0.2, 0.25) is 5.91 Å². The highest BCUT2D eigenvalue weighted by Crippen LogP contribution is 2.42. The van der Waals surface area contributed by atoms with E-state index in [1.165, 1.54) is 0 Å². The minimum atomic E-state index is -0.179. The molecule has 156 valence electrons. The van der Waals surface area contributed by atoms with E-state index >= 15 is 0 Å². The van der Waals surface area contributed by atoms with E-state index < -0.39 is 0 Å². The van der Waals surface area contributed by atoms with Crippen molar-refractivity contribution in [3.05, 3.63) is 35.0 Å². The number of carbonyl (C=O) groups is 2. The number of nitrogens with one attached hydrogen (secondary N) is 2. The molecule has 4 rings (SSSR count). The minimum absolute atomic E-state index is 0.0536. The van der Waals surface area contributed by atoms with Crippen LogP contribution in [0, 0.1) is 5.41 Å². The molecule has 0 unspecified atom stereocenters. The van der Waals surface area contributed by atoms with E-state index in [-0.39, 0.29) is 23.4 Å². The van der Waals surface area contributed by atoms with Gasteiger partial charge in [-0.25, -0.2) is 4.79 Å². The first-order chi connectivity index (χ1) is 13.9. The van der Waals surface area contributed by atoms with Gasteiger partial charge < -0.3 is 20.1 Å². The van der Waals surface area contributed by atoms with E-state index in [1.807, 2.05) is 36.2 Å². The standard InChI is InChI=1S/C22H29ClN4O2/c1-22(8-4-9-22)20(28)27-10-3-5-18(14-27)26(2)21(29)24-13-17-12-15-11-16(23)6-7-19(15)25-17/h6-7,11-12,18,25H,3-5,8-10,13-14H2,1-2H3,(H,24,29)/t18-/m1/s1. The molecule has 29 heavy (non-hydrogen) atoms. The number of hydrogen-bond acceptors (Lipinski definition) is 2. The topological polar surface area (TPSA) is 68.4 Å². The van der Waals surface area contributed by atoms with Gasteiger partial charge in [0.05, 0.1) is 12.6 Å². The summed E-state index contributed by atoms with van der Waals surface area (Å²) in [6.45, 7) is 3.93. The summed E-state index contributed by atoms with van der Waals surface area (Å²) in [6, 6.07) is 7.62. The van der Waals surface area contributed by atoms with Gasteiger partial charge in [-0.3, -0.25) is 4.79 Å². The molecule has 1 saturated heterocycles. The molecule has 0 radical (unpaired) electrons. The molecule has 2 heterocycles. The highest BCUT2D eigenvalue weighted by Gasteiger charge is 2.43. The van der Waals surface area contributed by atoms with Crippen molar-refractivity contribution >= 4 is 34.4 Å². The summed E-state index contributed by atoms with van der Waals surface area (Å²) in [5.74, 6) is 0.263. The zero-order valence-electron chi connectivity index (χ0n) is 17.1. The fourth-order valence-corrected chi connectivity index (χ4v) is 4.66. The zero-order valence-corrected chi connectivity index (χ0v) is 17.9. The van der Waals surface area contributed by atoms with E-state index in [1.54, 1.807) is 4.90 Å². The molecule has 1 aliphatic carbocycles. The number of carbonyl (C=O) groups excluding carboxylic acids is 2. The number of piperidine rings is 1. The molecule has 2 N–H and O–H groups in total. The molecule has 1 aromatic heterocycles. The van der Waals surface area contributed by atoms with Gasteiger partial charge in [-0.1, -0.05) is 24.9 Å². The molecule has 7 heteroatoms. The molecule has 1 saturated carbocycles. The van der Waals surface area contributed by atoms with Crippen molar-refractivity contribution in [1.29, 1.82) is 0 Å². The highest BCUT2D eigenvalue weighted by molar-refractivity contribution is 6.31. The fraction of sp³-hybridized carbons (Fsp3) is 0.545. The van der Waals surface area contributed by atoms with Crippen LogP contribution in [0.5, 0.6) is 0 Å². The normalized spacial score (nSPS) is 20.9. The third kappa shape index (κ3) is 4.08. The maximum absolute atomic E-state index is 12.9. The lowest BCUT2D eigenvalue weighted by molar-refractivity contribution is -0.147. The number of aromatic nitrogens is 1. The highest BCUT2D eigenvalue weighted by atomic mass is 35.5. The van der Waals surface area contributed by atoms with E-state index in [0.29, 0.717) is 18.1 Å². The van der Waals surface area contributed by atoms with Crippen LogP contribution >= 0.6 is 11.6 Å². The number of fused-ring (bicyclic) bond motifs is 1.